The van der Waals surface area contributed by atoms with Gasteiger partial charge >= 0.3 is 6.18 Å². The third-order valence-electron chi connectivity index (χ3n) is 7.06. The van der Waals surface area contributed by atoms with Crippen molar-refractivity contribution in [3.8, 4) is 17.0 Å². The number of halogens is 3. The van der Waals surface area contributed by atoms with E-state index >= 15 is 0 Å². The Morgan fingerprint density at radius 1 is 1.05 bits per heavy atom. The molecule has 0 aliphatic carbocycles. The molecule has 1 aromatic carbocycles. The fourth-order valence-electron chi connectivity index (χ4n) is 4.90. The van der Waals surface area contributed by atoms with E-state index in [1.54, 1.807) is 35.4 Å². The molecule has 0 radical (unpaired) electrons. The number of carbonyl (C=O) groups excluding carboxylic acids is 1. The molecule has 1 saturated heterocycles. The molecule has 3 aromatic heterocycles. The van der Waals surface area contributed by atoms with E-state index < -0.39 is 11.9 Å². The van der Waals surface area contributed by atoms with Crippen molar-refractivity contribution in [1.29, 1.82) is 0 Å². The molecule has 0 spiro atoms. The largest absolute Gasteiger partial charge is 0.497 e. The summed E-state index contributed by atoms with van der Waals surface area (Å²) in [6.45, 7) is 5.57. The molecule has 0 unspecified atom stereocenters. The number of piperazine rings is 1. The minimum atomic E-state index is -4.70. The van der Waals surface area contributed by atoms with Crippen molar-refractivity contribution < 1.29 is 22.7 Å². The average molecular weight is 525 g/mol. The Hall–Kier alpha value is -3.99. The number of rotatable bonds is 5. The van der Waals surface area contributed by atoms with Gasteiger partial charge in [0.25, 0.3) is 5.91 Å². The maximum absolute atomic E-state index is 14.2. The number of nitrogens with zero attached hydrogens (tertiary/aromatic N) is 6. The lowest BCUT2D eigenvalue weighted by Crippen LogP contribution is -2.49. The summed E-state index contributed by atoms with van der Waals surface area (Å²) >= 11 is 0. The molecule has 0 N–H and O–H groups in total. The highest BCUT2D eigenvalue weighted by molar-refractivity contribution is 6.00. The molecule has 38 heavy (non-hydrogen) atoms. The summed E-state index contributed by atoms with van der Waals surface area (Å²) in [7, 11) is 1.51. The summed E-state index contributed by atoms with van der Waals surface area (Å²) < 4.78 is 48.5. The molecule has 1 atom stereocenters. The maximum Gasteiger partial charge on any atom is 0.433 e. The van der Waals surface area contributed by atoms with Gasteiger partial charge in [0, 0.05) is 55.7 Å². The Morgan fingerprint density at radius 3 is 2.37 bits per heavy atom. The number of pyridine rings is 1. The number of alkyl halides is 3. The molecular weight excluding hydrogens is 497 g/mol. The molecule has 198 valence electrons. The molecule has 0 bridgehead atoms. The SMILES string of the molecule is COc1ccc(-c2nc3c(C(=O)N4CCN([C@@H](C)c5cccnc5)CC4)cnn3c(C(F)(F)F)c2C)cc1. The second kappa shape index (κ2) is 10.1. The topological polar surface area (TPSA) is 75.9 Å². The monoisotopic (exact) mass is 524 g/mol. The van der Waals surface area contributed by atoms with Gasteiger partial charge in [0.1, 0.15) is 11.3 Å². The van der Waals surface area contributed by atoms with Gasteiger partial charge in [-0.1, -0.05) is 6.07 Å². The van der Waals surface area contributed by atoms with Crippen molar-refractivity contribution >= 4 is 11.6 Å². The molecule has 0 saturated carbocycles. The minimum absolute atomic E-state index is 0.0408. The van der Waals surface area contributed by atoms with Crippen molar-refractivity contribution in [2.24, 2.45) is 0 Å². The highest BCUT2D eigenvalue weighted by Crippen LogP contribution is 2.37. The third-order valence-corrected chi connectivity index (χ3v) is 7.06. The molecule has 4 aromatic rings. The van der Waals surface area contributed by atoms with Gasteiger partial charge in [0.15, 0.2) is 11.3 Å². The van der Waals surface area contributed by atoms with Crippen LogP contribution in [0.1, 0.15) is 40.1 Å². The van der Waals surface area contributed by atoms with Crippen molar-refractivity contribution in [1.82, 2.24) is 29.4 Å². The fraction of sp³-hybridized carbons (Fsp3) is 0.333. The molecule has 1 fully saturated rings. The summed E-state index contributed by atoms with van der Waals surface area (Å²) in [5, 5.41) is 3.96. The second-order valence-electron chi connectivity index (χ2n) is 9.24. The molecule has 1 amide bonds. The van der Waals surface area contributed by atoms with Gasteiger partial charge in [0.05, 0.1) is 19.0 Å². The van der Waals surface area contributed by atoms with Crippen LogP contribution in [0.2, 0.25) is 0 Å². The molecule has 11 heteroatoms. The zero-order valence-electron chi connectivity index (χ0n) is 21.2. The van der Waals surface area contributed by atoms with E-state index in [0.29, 0.717) is 37.5 Å². The molecule has 1 aliphatic heterocycles. The first-order valence-electron chi connectivity index (χ1n) is 12.2. The average Bonchev–Trinajstić information content (AvgIpc) is 3.35. The quantitative estimate of drug-likeness (QED) is 0.379. The first-order valence-corrected chi connectivity index (χ1v) is 12.2. The van der Waals surface area contributed by atoms with Crippen molar-refractivity contribution in [3.05, 3.63) is 77.4 Å². The third kappa shape index (κ3) is 4.69. The summed E-state index contributed by atoms with van der Waals surface area (Å²) in [6, 6.07) is 10.6. The van der Waals surface area contributed by atoms with Crippen molar-refractivity contribution in [3.63, 3.8) is 0 Å². The maximum atomic E-state index is 14.2. The lowest BCUT2D eigenvalue weighted by Gasteiger charge is -2.38. The van der Waals surface area contributed by atoms with E-state index in [4.69, 9.17) is 4.74 Å². The van der Waals surface area contributed by atoms with Gasteiger partial charge in [0.2, 0.25) is 0 Å². The molecule has 8 nitrogen and oxygen atoms in total. The van der Waals surface area contributed by atoms with E-state index in [9.17, 15) is 18.0 Å². The van der Waals surface area contributed by atoms with Gasteiger partial charge < -0.3 is 9.64 Å². The van der Waals surface area contributed by atoms with Crippen LogP contribution in [0.25, 0.3) is 16.9 Å². The molecule has 4 heterocycles. The summed E-state index contributed by atoms with van der Waals surface area (Å²) in [5.74, 6) is 0.180. The van der Waals surface area contributed by atoms with Gasteiger partial charge in [-0.2, -0.15) is 18.3 Å². The highest BCUT2D eigenvalue weighted by Gasteiger charge is 2.39. The first-order chi connectivity index (χ1) is 18.2. The fourth-order valence-corrected chi connectivity index (χ4v) is 4.90. The standard InChI is InChI=1S/C27H27F3N6O2/c1-17-23(19-6-8-21(38-3)9-7-19)33-25-22(16-32-36(25)24(17)27(28,29)30)26(37)35-13-11-34(12-14-35)18(2)20-5-4-10-31-15-20/h4-10,15-16,18H,11-14H2,1-3H3/t18-/m0/s1. The van der Waals surface area contributed by atoms with E-state index in [1.807, 2.05) is 18.3 Å². The number of hydrogen-bond donors (Lipinski definition) is 0. The highest BCUT2D eigenvalue weighted by atomic mass is 19.4. The Morgan fingerprint density at radius 2 is 1.76 bits per heavy atom. The summed E-state index contributed by atoms with van der Waals surface area (Å²) in [4.78, 5) is 26.1. The van der Waals surface area contributed by atoms with E-state index in [0.717, 1.165) is 10.1 Å². The van der Waals surface area contributed by atoms with Gasteiger partial charge in [-0.25, -0.2) is 9.50 Å². The number of benzene rings is 1. The predicted octanol–water partition coefficient (Wildman–Crippen LogP) is 4.65. The normalized spacial score (nSPS) is 15.6. The summed E-state index contributed by atoms with van der Waals surface area (Å²) in [6.07, 6.45) is 0.0327. The summed E-state index contributed by atoms with van der Waals surface area (Å²) in [5.41, 5.74) is 0.591. The van der Waals surface area contributed by atoms with Crippen LogP contribution in [0.15, 0.2) is 55.0 Å². The van der Waals surface area contributed by atoms with Crippen LogP contribution >= 0.6 is 0 Å². The molecule has 1 aliphatic rings. The van der Waals surface area contributed by atoms with Crippen LogP contribution in [-0.4, -0.2) is 68.6 Å². The van der Waals surface area contributed by atoms with Crippen LogP contribution in [0, 0.1) is 6.92 Å². The lowest BCUT2D eigenvalue weighted by atomic mass is 10.0. The Labute approximate surface area is 217 Å². The Balaban J connectivity index is 1.46. The first kappa shape index (κ1) is 25.7. The number of methoxy groups -OCH3 is 1. The van der Waals surface area contributed by atoms with Crippen LogP contribution in [0.4, 0.5) is 13.2 Å². The number of hydrogen-bond acceptors (Lipinski definition) is 6. The smallest absolute Gasteiger partial charge is 0.433 e. The van der Waals surface area contributed by atoms with E-state index in [2.05, 4.69) is 26.9 Å². The Kier molecular flexibility index (Phi) is 6.78. The molecular formula is C27H27F3N6O2. The van der Waals surface area contributed by atoms with Gasteiger partial charge in [-0.05, 0) is 49.7 Å². The molecule has 5 rings (SSSR count). The zero-order valence-corrected chi connectivity index (χ0v) is 21.2. The van der Waals surface area contributed by atoms with Crippen LogP contribution in [-0.2, 0) is 6.18 Å². The zero-order chi connectivity index (χ0) is 27.0. The van der Waals surface area contributed by atoms with Crippen LogP contribution < -0.4 is 4.74 Å². The number of aromatic nitrogens is 4. The lowest BCUT2D eigenvalue weighted by molar-refractivity contribution is -0.143. The van der Waals surface area contributed by atoms with Crippen LogP contribution in [0.3, 0.4) is 0 Å². The number of amides is 1. The van der Waals surface area contributed by atoms with Gasteiger partial charge in [-0.15, -0.1) is 0 Å². The van der Waals surface area contributed by atoms with Crippen LogP contribution in [0.5, 0.6) is 5.75 Å². The second-order valence-corrected chi connectivity index (χ2v) is 9.24. The number of fused-ring (bicyclic) bond motifs is 1. The Bertz CT molecular complexity index is 1450. The van der Waals surface area contributed by atoms with E-state index in [1.165, 1.54) is 20.2 Å². The number of carbonyl (C=O) groups is 1. The predicted molar refractivity (Wildman–Crippen MR) is 135 cm³/mol. The number of ether oxygens (including phenoxy) is 1. The van der Waals surface area contributed by atoms with Gasteiger partial charge in [-0.3, -0.25) is 14.7 Å². The van der Waals surface area contributed by atoms with Crippen molar-refractivity contribution in [2.75, 3.05) is 33.3 Å². The van der Waals surface area contributed by atoms with E-state index in [-0.39, 0.29) is 34.4 Å². The van der Waals surface area contributed by atoms with Crippen molar-refractivity contribution in [2.45, 2.75) is 26.1 Å². The minimum Gasteiger partial charge on any atom is -0.497 e.